The molecule has 3 heterocycles. The number of alkyl halides is 3. The Kier molecular flexibility index (Phi) is 5.71. The van der Waals surface area contributed by atoms with Crippen LogP contribution in [0.2, 0.25) is 0 Å². The van der Waals surface area contributed by atoms with Gasteiger partial charge >= 0.3 is 6.18 Å². The number of anilines is 2. The lowest BCUT2D eigenvalue weighted by Crippen LogP contribution is -2.45. The highest BCUT2D eigenvalue weighted by atomic mass is 32.2. The van der Waals surface area contributed by atoms with Gasteiger partial charge in [0.25, 0.3) is 0 Å². The average Bonchev–Trinajstić information content (AvgIpc) is 3.40. The maximum atomic E-state index is 13.2. The number of hydrogen-bond acceptors (Lipinski definition) is 6. The third-order valence-electron chi connectivity index (χ3n) is 4.86. The van der Waals surface area contributed by atoms with E-state index < -0.39 is 28.8 Å². The first-order chi connectivity index (χ1) is 15.2. The van der Waals surface area contributed by atoms with Crippen molar-refractivity contribution in [1.29, 1.82) is 0 Å². The molecule has 0 saturated heterocycles. The van der Waals surface area contributed by atoms with Gasteiger partial charge in [0.2, 0.25) is 11.8 Å². The predicted octanol–water partition coefficient (Wildman–Crippen LogP) is 4.04. The zero-order valence-corrected chi connectivity index (χ0v) is 17.8. The Balaban J connectivity index is 1.58. The summed E-state index contributed by atoms with van der Waals surface area (Å²) in [5, 5.41) is 10.5. The summed E-state index contributed by atoms with van der Waals surface area (Å²) in [5.74, 6) is 0.0459. The number of thioether (sulfide) groups is 1. The number of carbonyl (C=O) groups is 2. The standard InChI is InChI=1S/C20H18F3N5O3S/c1-3-27-17(15-5-4-8-31-15)25-26-19(27)32-11(2)18(30)28-10-16(29)24-13-9-12(20(21,22)23)6-7-14(13)28/h4-9,11H,3,10H2,1-2H3,(H,24,29). The molecule has 0 aliphatic carbocycles. The Morgan fingerprint density at radius 3 is 2.75 bits per heavy atom. The maximum Gasteiger partial charge on any atom is 0.416 e. The molecule has 0 spiro atoms. The predicted molar refractivity (Wildman–Crippen MR) is 111 cm³/mol. The number of nitrogens with one attached hydrogen (secondary N) is 1. The van der Waals surface area contributed by atoms with E-state index in [0.29, 0.717) is 23.3 Å². The second-order valence-electron chi connectivity index (χ2n) is 6.99. The van der Waals surface area contributed by atoms with Crippen molar-refractivity contribution in [3.63, 3.8) is 0 Å². The zero-order chi connectivity index (χ0) is 23.0. The molecule has 1 unspecified atom stereocenters. The van der Waals surface area contributed by atoms with E-state index in [1.165, 1.54) is 17.2 Å². The Morgan fingerprint density at radius 2 is 2.09 bits per heavy atom. The summed E-state index contributed by atoms with van der Waals surface area (Å²) >= 11 is 1.14. The van der Waals surface area contributed by atoms with Crippen molar-refractivity contribution in [3.8, 4) is 11.6 Å². The van der Waals surface area contributed by atoms with Crippen LogP contribution >= 0.6 is 11.8 Å². The van der Waals surface area contributed by atoms with Gasteiger partial charge in [-0.3, -0.25) is 19.1 Å². The summed E-state index contributed by atoms with van der Waals surface area (Å²) in [6.07, 6.45) is -3.04. The lowest BCUT2D eigenvalue weighted by atomic mass is 10.1. The number of rotatable bonds is 5. The van der Waals surface area contributed by atoms with E-state index >= 15 is 0 Å². The lowest BCUT2D eigenvalue weighted by molar-refractivity contribution is -0.137. The average molecular weight is 465 g/mol. The number of furan rings is 1. The highest BCUT2D eigenvalue weighted by Gasteiger charge is 2.35. The number of carbonyl (C=O) groups excluding carboxylic acids is 2. The number of nitrogens with zero attached hydrogens (tertiary/aromatic N) is 4. The molecule has 0 fully saturated rings. The molecule has 12 heteroatoms. The zero-order valence-electron chi connectivity index (χ0n) is 17.0. The van der Waals surface area contributed by atoms with Gasteiger partial charge in [-0.2, -0.15) is 13.2 Å². The Morgan fingerprint density at radius 1 is 1.31 bits per heavy atom. The molecule has 1 N–H and O–H groups in total. The van der Waals surface area contributed by atoms with Gasteiger partial charge in [0.15, 0.2) is 16.7 Å². The third-order valence-corrected chi connectivity index (χ3v) is 5.93. The summed E-state index contributed by atoms with van der Waals surface area (Å²) in [6.45, 7) is 3.78. The molecule has 32 heavy (non-hydrogen) atoms. The van der Waals surface area contributed by atoms with Crippen molar-refractivity contribution in [2.24, 2.45) is 0 Å². The number of benzene rings is 1. The van der Waals surface area contributed by atoms with E-state index in [1.54, 1.807) is 23.6 Å². The molecule has 1 atom stereocenters. The molecule has 8 nitrogen and oxygen atoms in total. The van der Waals surface area contributed by atoms with Crippen LogP contribution in [0.15, 0.2) is 46.2 Å². The van der Waals surface area contributed by atoms with E-state index in [0.717, 1.165) is 23.9 Å². The van der Waals surface area contributed by atoms with Gasteiger partial charge in [0.1, 0.15) is 6.54 Å². The Labute approximate surface area is 184 Å². The summed E-state index contributed by atoms with van der Waals surface area (Å²) in [7, 11) is 0. The van der Waals surface area contributed by atoms with E-state index in [4.69, 9.17) is 4.42 Å². The van der Waals surface area contributed by atoms with Crippen LogP contribution in [0.4, 0.5) is 24.5 Å². The largest absolute Gasteiger partial charge is 0.461 e. The first-order valence-electron chi connectivity index (χ1n) is 9.65. The van der Waals surface area contributed by atoms with Crippen LogP contribution < -0.4 is 10.2 Å². The van der Waals surface area contributed by atoms with Crippen molar-refractivity contribution in [3.05, 3.63) is 42.2 Å². The molecule has 168 valence electrons. The Bertz CT molecular complexity index is 1160. The van der Waals surface area contributed by atoms with Gasteiger partial charge < -0.3 is 9.73 Å². The molecule has 2 aromatic heterocycles. The molecule has 0 bridgehead atoms. The summed E-state index contributed by atoms with van der Waals surface area (Å²) in [6, 6.07) is 6.38. The van der Waals surface area contributed by atoms with Gasteiger partial charge in [-0.05, 0) is 44.2 Å². The minimum absolute atomic E-state index is 0.0570. The minimum atomic E-state index is -4.56. The van der Waals surface area contributed by atoms with Gasteiger partial charge in [0.05, 0.1) is 28.5 Å². The maximum absolute atomic E-state index is 13.2. The van der Waals surface area contributed by atoms with Crippen LogP contribution in [0, 0.1) is 0 Å². The van der Waals surface area contributed by atoms with E-state index in [2.05, 4.69) is 15.5 Å². The SMILES string of the molecule is CCn1c(SC(C)C(=O)N2CC(=O)Nc3cc(C(F)(F)F)ccc32)nnc1-c1ccco1. The van der Waals surface area contributed by atoms with Gasteiger partial charge in [-0.25, -0.2) is 0 Å². The van der Waals surface area contributed by atoms with Crippen LogP contribution in [-0.4, -0.2) is 38.4 Å². The lowest BCUT2D eigenvalue weighted by Gasteiger charge is -2.31. The highest BCUT2D eigenvalue weighted by Crippen LogP contribution is 2.38. The highest BCUT2D eigenvalue weighted by molar-refractivity contribution is 8.00. The first-order valence-corrected chi connectivity index (χ1v) is 10.5. The minimum Gasteiger partial charge on any atom is -0.461 e. The number of amides is 2. The van der Waals surface area contributed by atoms with Crippen LogP contribution in [0.25, 0.3) is 11.6 Å². The van der Waals surface area contributed by atoms with E-state index in [-0.39, 0.29) is 17.9 Å². The number of fused-ring (bicyclic) bond motifs is 1. The Hall–Kier alpha value is -3.28. The van der Waals surface area contributed by atoms with Crippen LogP contribution in [0.1, 0.15) is 19.4 Å². The summed E-state index contributed by atoms with van der Waals surface area (Å²) in [4.78, 5) is 26.4. The number of aromatic nitrogens is 3. The molecule has 0 radical (unpaired) electrons. The fourth-order valence-electron chi connectivity index (χ4n) is 3.34. The molecule has 0 saturated carbocycles. The molecule has 2 amide bonds. The van der Waals surface area contributed by atoms with Gasteiger partial charge in [-0.1, -0.05) is 11.8 Å². The fraction of sp³-hybridized carbons (Fsp3) is 0.300. The second kappa shape index (κ2) is 8.34. The van der Waals surface area contributed by atoms with Crippen LogP contribution in [-0.2, 0) is 22.3 Å². The van der Waals surface area contributed by atoms with Crippen molar-refractivity contribution in [1.82, 2.24) is 14.8 Å². The molecule has 1 aromatic carbocycles. The molecular formula is C20H18F3N5O3S. The molecular weight excluding hydrogens is 447 g/mol. The van der Waals surface area contributed by atoms with Crippen LogP contribution in [0.5, 0.6) is 0 Å². The normalized spacial score (nSPS) is 14.8. The molecule has 1 aliphatic rings. The monoisotopic (exact) mass is 465 g/mol. The third kappa shape index (κ3) is 4.09. The van der Waals surface area contributed by atoms with Crippen molar-refractivity contribution in [2.75, 3.05) is 16.8 Å². The topological polar surface area (TPSA) is 93.3 Å². The number of halogens is 3. The first kappa shape index (κ1) is 21.9. The summed E-state index contributed by atoms with van der Waals surface area (Å²) < 4.78 is 46.3. The van der Waals surface area contributed by atoms with Gasteiger partial charge in [-0.15, -0.1) is 10.2 Å². The van der Waals surface area contributed by atoms with Crippen LogP contribution in [0.3, 0.4) is 0 Å². The quantitative estimate of drug-likeness (QED) is 0.572. The molecule has 3 aromatic rings. The van der Waals surface area contributed by atoms with Gasteiger partial charge in [0, 0.05) is 6.54 Å². The smallest absolute Gasteiger partial charge is 0.416 e. The van der Waals surface area contributed by atoms with Crippen molar-refractivity contribution in [2.45, 2.75) is 37.0 Å². The number of hydrogen-bond donors (Lipinski definition) is 1. The van der Waals surface area contributed by atoms with Crippen molar-refractivity contribution < 1.29 is 27.2 Å². The second-order valence-corrected chi connectivity index (χ2v) is 8.30. The fourth-order valence-corrected chi connectivity index (χ4v) is 4.32. The molecule has 1 aliphatic heterocycles. The summed E-state index contributed by atoms with van der Waals surface area (Å²) in [5.41, 5.74) is -0.753. The van der Waals surface area contributed by atoms with E-state index in [1.807, 2.05) is 6.92 Å². The molecule has 4 rings (SSSR count). The van der Waals surface area contributed by atoms with E-state index in [9.17, 15) is 22.8 Å². The van der Waals surface area contributed by atoms with Crippen molar-refractivity contribution >= 4 is 35.0 Å².